The van der Waals surface area contributed by atoms with Crippen molar-refractivity contribution in [1.29, 1.82) is 0 Å². The Kier molecular flexibility index (Phi) is 2.44. The van der Waals surface area contributed by atoms with Gasteiger partial charge in [-0.2, -0.15) is 0 Å². The van der Waals surface area contributed by atoms with E-state index in [2.05, 4.69) is 41.5 Å². The van der Waals surface area contributed by atoms with Gasteiger partial charge in [0, 0.05) is 35.6 Å². The van der Waals surface area contributed by atoms with Gasteiger partial charge in [-0.1, -0.05) is 31.5 Å². The minimum atomic E-state index is 0.546. The Labute approximate surface area is 96.1 Å². The van der Waals surface area contributed by atoms with Gasteiger partial charge in [-0.15, -0.1) is 0 Å². The van der Waals surface area contributed by atoms with Crippen molar-refractivity contribution in [2.75, 3.05) is 6.54 Å². The van der Waals surface area contributed by atoms with Crippen LogP contribution in [0.3, 0.4) is 0 Å². The monoisotopic (exact) mass is 214 g/mol. The van der Waals surface area contributed by atoms with E-state index in [1.165, 1.54) is 35.0 Å². The van der Waals surface area contributed by atoms with Crippen molar-refractivity contribution >= 4 is 10.9 Å². The van der Waals surface area contributed by atoms with Crippen molar-refractivity contribution in [2.24, 2.45) is 0 Å². The molecule has 2 aromatic rings. The van der Waals surface area contributed by atoms with Gasteiger partial charge in [0.1, 0.15) is 0 Å². The van der Waals surface area contributed by atoms with Gasteiger partial charge in [-0.3, -0.25) is 0 Å². The second-order valence-electron chi connectivity index (χ2n) is 4.61. The van der Waals surface area contributed by atoms with Gasteiger partial charge >= 0.3 is 0 Å². The van der Waals surface area contributed by atoms with E-state index in [-0.39, 0.29) is 0 Å². The first-order chi connectivity index (χ1) is 7.90. The molecule has 1 aliphatic rings. The highest BCUT2D eigenvalue weighted by molar-refractivity contribution is 5.85. The molecule has 1 aliphatic heterocycles. The van der Waals surface area contributed by atoms with Crippen LogP contribution in [0.5, 0.6) is 0 Å². The average Bonchev–Trinajstić information content (AvgIpc) is 2.68. The third-order valence-electron chi connectivity index (χ3n) is 3.52. The summed E-state index contributed by atoms with van der Waals surface area (Å²) in [5, 5.41) is 5.04. The van der Waals surface area contributed by atoms with E-state index < -0.39 is 0 Å². The number of H-pyrrole nitrogens is 1. The van der Waals surface area contributed by atoms with Crippen LogP contribution in [0.2, 0.25) is 0 Å². The number of hydrogen-bond acceptors (Lipinski definition) is 1. The molecule has 16 heavy (non-hydrogen) atoms. The third-order valence-corrected chi connectivity index (χ3v) is 3.52. The first-order valence-corrected chi connectivity index (χ1v) is 6.23. The minimum Gasteiger partial charge on any atom is -0.358 e. The number of para-hydroxylation sites is 1. The van der Waals surface area contributed by atoms with Crippen LogP contribution < -0.4 is 5.32 Å². The van der Waals surface area contributed by atoms with Gasteiger partial charge in [-0.05, 0) is 18.1 Å². The molecule has 1 atom stereocenters. The van der Waals surface area contributed by atoms with E-state index >= 15 is 0 Å². The molecular formula is C14H18N2. The van der Waals surface area contributed by atoms with Crippen LogP contribution in [0.25, 0.3) is 10.9 Å². The molecule has 0 radical (unpaired) electrons. The van der Waals surface area contributed by atoms with Crippen molar-refractivity contribution < 1.29 is 0 Å². The number of hydrogen-bond donors (Lipinski definition) is 2. The molecule has 0 amide bonds. The fraction of sp³-hybridized carbons (Fsp3) is 0.429. The van der Waals surface area contributed by atoms with E-state index in [4.69, 9.17) is 0 Å². The highest BCUT2D eigenvalue weighted by atomic mass is 14.9. The second kappa shape index (κ2) is 3.95. The summed E-state index contributed by atoms with van der Waals surface area (Å²) in [6.45, 7) is 3.36. The number of benzene rings is 1. The van der Waals surface area contributed by atoms with Crippen molar-refractivity contribution in [2.45, 2.75) is 32.2 Å². The number of aromatic amines is 1. The minimum absolute atomic E-state index is 0.546. The molecule has 2 nitrogen and oxygen atoms in total. The fourth-order valence-corrected chi connectivity index (χ4v) is 2.82. The lowest BCUT2D eigenvalue weighted by molar-refractivity contribution is 0.472. The summed E-state index contributed by atoms with van der Waals surface area (Å²) < 4.78 is 0. The van der Waals surface area contributed by atoms with Gasteiger partial charge < -0.3 is 10.3 Å². The van der Waals surface area contributed by atoms with Crippen LogP contribution >= 0.6 is 0 Å². The number of fused-ring (bicyclic) bond motifs is 3. The van der Waals surface area contributed by atoms with Crippen LogP contribution in [0.15, 0.2) is 24.3 Å². The molecule has 2 N–H and O–H groups in total. The van der Waals surface area contributed by atoms with Crippen molar-refractivity contribution in [3.63, 3.8) is 0 Å². The molecule has 2 heterocycles. The molecule has 1 unspecified atom stereocenters. The Hall–Kier alpha value is -1.28. The summed E-state index contributed by atoms with van der Waals surface area (Å²) in [5.74, 6) is 0. The maximum absolute atomic E-state index is 3.63. The molecule has 2 heteroatoms. The Balaban J connectivity index is 2.16. The molecule has 0 saturated carbocycles. The predicted octanol–water partition coefficient (Wildman–Crippen LogP) is 3.15. The van der Waals surface area contributed by atoms with Gasteiger partial charge in [0.15, 0.2) is 0 Å². The van der Waals surface area contributed by atoms with E-state index in [9.17, 15) is 0 Å². The molecule has 1 aromatic carbocycles. The zero-order chi connectivity index (χ0) is 11.0. The highest BCUT2D eigenvalue weighted by Gasteiger charge is 2.22. The molecule has 84 valence electrons. The topological polar surface area (TPSA) is 27.8 Å². The number of aromatic nitrogens is 1. The lowest BCUT2D eigenvalue weighted by atomic mass is 9.95. The molecule has 0 saturated heterocycles. The first-order valence-electron chi connectivity index (χ1n) is 6.23. The normalized spacial score (nSPS) is 19.9. The van der Waals surface area contributed by atoms with E-state index in [0.717, 1.165) is 13.0 Å². The van der Waals surface area contributed by atoms with Gasteiger partial charge in [0.05, 0.1) is 0 Å². The zero-order valence-electron chi connectivity index (χ0n) is 9.72. The van der Waals surface area contributed by atoms with Crippen LogP contribution in [-0.4, -0.2) is 11.5 Å². The van der Waals surface area contributed by atoms with Crippen LogP contribution in [0.4, 0.5) is 0 Å². The summed E-state index contributed by atoms with van der Waals surface area (Å²) >= 11 is 0. The third kappa shape index (κ3) is 1.45. The SMILES string of the molecule is CCCC1NCCc2[nH]c3ccccc3c21. The number of rotatable bonds is 2. The Morgan fingerprint density at radius 3 is 3.06 bits per heavy atom. The Bertz CT molecular complexity index is 498. The van der Waals surface area contributed by atoms with Crippen molar-refractivity contribution in [3.05, 3.63) is 35.5 Å². The standard InChI is InChI=1S/C14H18N2/c1-2-5-12-14-10-6-3-4-7-11(10)16-13(14)8-9-15-12/h3-4,6-7,12,15-16H,2,5,8-9H2,1H3. The molecular weight excluding hydrogens is 196 g/mol. The fourth-order valence-electron chi connectivity index (χ4n) is 2.82. The Morgan fingerprint density at radius 2 is 2.19 bits per heavy atom. The van der Waals surface area contributed by atoms with Gasteiger partial charge in [0.25, 0.3) is 0 Å². The lowest BCUT2D eigenvalue weighted by Crippen LogP contribution is -2.29. The maximum atomic E-state index is 3.63. The van der Waals surface area contributed by atoms with Crippen LogP contribution in [-0.2, 0) is 6.42 Å². The van der Waals surface area contributed by atoms with E-state index in [1.54, 1.807) is 0 Å². The van der Waals surface area contributed by atoms with Gasteiger partial charge in [0.2, 0.25) is 0 Å². The molecule has 0 spiro atoms. The summed E-state index contributed by atoms with van der Waals surface area (Å²) in [6.07, 6.45) is 3.59. The second-order valence-corrected chi connectivity index (χ2v) is 4.61. The van der Waals surface area contributed by atoms with Crippen molar-refractivity contribution in [3.8, 4) is 0 Å². The van der Waals surface area contributed by atoms with Crippen LogP contribution in [0, 0.1) is 0 Å². The Morgan fingerprint density at radius 1 is 1.31 bits per heavy atom. The van der Waals surface area contributed by atoms with Crippen molar-refractivity contribution in [1.82, 2.24) is 10.3 Å². The van der Waals surface area contributed by atoms with E-state index in [0.29, 0.717) is 6.04 Å². The largest absolute Gasteiger partial charge is 0.358 e. The van der Waals surface area contributed by atoms with E-state index in [1.807, 2.05) is 0 Å². The van der Waals surface area contributed by atoms with Gasteiger partial charge in [-0.25, -0.2) is 0 Å². The average molecular weight is 214 g/mol. The predicted molar refractivity (Wildman–Crippen MR) is 67.7 cm³/mol. The number of nitrogens with one attached hydrogen (secondary N) is 2. The maximum Gasteiger partial charge on any atom is 0.0459 e. The summed E-state index contributed by atoms with van der Waals surface area (Å²) in [5.41, 5.74) is 4.25. The molecule has 0 aliphatic carbocycles. The molecule has 0 fully saturated rings. The first kappa shape index (κ1) is 9.91. The summed E-state index contributed by atoms with van der Waals surface area (Å²) in [7, 11) is 0. The van der Waals surface area contributed by atoms with Crippen LogP contribution in [0.1, 0.15) is 37.1 Å². The lowest BCUT2D eigenvalue weighted by Gasteiger charge is -2.24. The molecule has 1 aromatic heterocycles. The molecule has 0 bridgehead atoms. The highest BCUT2D eigenvalue weighted by Crippen LogP contribution is 2.33. The molecule has 3 rings (SSSR count). The smallest absolute Gasteiger partial charge is 0.0459 e. The quantitative estimate of drug-likeness (QED) is 0.789. The zero-order valence-corrected chi connectivity index (χ0v) is 9.72. The summed E-state index contributed by atoms with van der Waals surface area (Å²) in [4.78, 5) is 3.56. The summed E-state index contributed by atoms with van der Waals surface area (Å²) in [6, 6.07) is 9.20.